The number of hydrogen-bond donors (Lipinski definition) is 2. The molecule has 2 atom stereocenters. The van der Waals surface area contributed by atoms with Gasteiger partial charge in [0.15, 0.2) is 0 Å². The van der Waals surface area contributed by atoms with Crippen molar-refractivity contribution in [3.63, 3.8) is 0 Å². The molecule has 1 rings (SSSR count). The van der Waals surface area contributed by atoms with Gasteiger partial charge in [0, 0.05) is 0 Å². The molecule has 0 aromatic heterocycles. The highest BCUT2D eigenvalue weighted by molar-refractivity contribution is 5.81. The zero-order chi connectivity index (χ0) is 13.0. The van der Waals surface area contributed by atoms with E-state index in [1.165, 1.54) is 6.07 Å². The molecule has 1 aromatic rings. The van der Waals surface area contributed by atoms with E-state index in [2.05, 4.69) is 5.32 Å². The van der Waals surface area contributed by atoms with Gasteiger partial charge in [-0.15, -0.1) is 0 Å². The zero-order valence-electron chi connectivity index (χ0n) is 10.5. The Hall–Kier alpha value is -1.42. The molecule has 0 aliphatic carbocycles. The van der Waals surface area contributed by atoms with Crippen LogP contribution in [0.5, 0.6) is 0 Å². The van der Waals surface area contributed by atoms with E-state index in [1.807, 2.05) is 13.8 Å². The summed E-state index contributed by atoms with van der Waals surface area (Å²) in [4.78, 5) is 11.6. The Bertz CT molecular complexity index is 406. The molecule has 0 saturated carbocycles. The molecule has 2 unspecified atom stereocenters. The minimum atomic E-state index is -0.507. The maximum absolute atomic E-state index is 13.4. The summed E-state index contributed by atoms with van der Waals surface area (Å²) in [5, 5.41) is 2.76. The Morgan fingerprint density at radius 1 is 1.53 bits per heavy atom. The van der Waals surface area contributed by atoms with Crippen LogP contribution in [0.3, 0.4) is 0 Å². The molecule has 0 fully saturated rings. The van der Waals surface area contributed by atoms with Crippen molar-refractivity contribution in [2.45, 2.75) is 39.3 Å². The fraction of sp³-hybridized carbons (Fsp3) is 0.462. The van der Waals surface area contributed by atoms with E-state index >= 15 is 0 Å². The predicted molar refractivity (Wildman–Crippen MR) is 66.0 cm³/mol. The van der Waals surface area contributed by atoms with Crippen LogP contribution in [0.15, 0.2) is 18.2 Å². The summed E-state index contributed by atoms with van der Waals surface area (Å²) < 4.78 is 13.4. The van der Waals surface area contributed by atoms with Gasteiger partial charge < -0.3 is 11.1 Å². The fourth-order valence-corrected chi connectivity index (χ4v) is 1.47. The van der Waals surface area contributed by atoms with Crippen molar-refractivity contribution in [3.8, 4) is 0 Å². The maximum Gasteiger partial charge on any atom is 0.237 e. The van der Waals surface area contributed by atoms with E-state index in [4.69, 9.17) is 5.73 Å². The first kappa shape index (κ1) is 13.6. The van der Waals surface area contributed by atoms with Gasteiger partial charge in [-0.05, 0) is 37.5 Å². The lowest BCUT2D eigenvalue weighted by Crippen LogP contribution is -2.41. The smallest absolute Gasteiger partial charge is 0.237 e. The van der Waals surface area contributed by atoms with Crippen molar-refractivity contribution in [2.24, 2.45) is 5.73 Å². The number of benzene rings is 1. The highest BCUT2D eigenvalue weighted by Gasteiger charge is 2.15. The molecular formula is C13H19FN2O. The molecule has 17 heavy (non-hydrogen) atoms. The first-order valence-electron chi connectivity index (χ1n) is 5.77. The van der Waals surface area contributed by atoms with Gasteiger partial charge >= 0.3 is 0 Å². The maximum atomic E-state index is 13.4. The van der Waals surface area contributed by atoms with Crippen molar-refractivity contribution in [2.75, 3.05) is 0 Å². The molecule has 3 N–H and O–H groups in total. The number of carbonyl (C=O) groups is 1. The van der Waals surface area contributed by atoms with Gasteiger partial charge in [-0.1, -0.05) is 19.1 Å². The Labute approximate surface area is 101 Å². The van der Waals surface area contributed by atoms with Crippen LogP contribution in [0.1, 0.15) is 37.4 Å². The Kier molecular flexibility index (Phi) is 4.63. The average molecular weight is 238 g/mol. The lowest BCUT2D eigenvalue weighted by Gasteiger charge is -2.17. The highest BCUT2D eigenvalue weighted by atomic mass is 19.1. The number of aryl methyl sites for hydroxylation is 1. The summed E-state index contributed by atoms with van der Waals surface area (Å²) in [5.74, 6) is -0.468. The molecule has 0 aliphatic heterocycles. The number of amides is 1. The number of hydrogen-bond acceptors (Lipinski definition) is 2. The molecule has 1 aromatic carbocycles. The summed E-state index contributed by atoms with van der Waals surface area (Å²) >= 11 is 0. The molecule has 0 saturated heterocycles. The van der Waals surface area contributed by atoms with E-state index in [9.17, 15) is 9.18 Å². The minimum absolute atomic E-state index is 0.207. The summed E-state index contributed by atoms with van der Waals surface area (Å²) in [5.41, 5.74) is 6.95. The van der Waals surface area contributed by atoms with E-state index in [0.29, 0.717) is 12.0 Å². The van der Waals surface area contributed by atoms with E-state index in [0.717, 1.165) is 5.56 Å². The van der Waals surface area contributed by atoms with Crippen molar-refractivity contribution >= 4 is 5.91 Å². The van der Waals surface area contributed by atoms with Gasteiger partial charge in [0.2, 0.25) is 5.91 Å². The SMILES string of the molecule is CCC(N)C(=O)NC(C)c1ccc(C)c(F)c1. The summed E-state index contributed by atoms with van der Waals surface area (Å²) in [6, 6.07) is 4.20. The topological polar surface area (TPSA) is 55.1 Å². The van der Waals surface area contributed by atoms with Gasteiger partial charge in [0.25, 0.3) is 0 Å². The first-order valence-corrected chi connectivity index (χ1v) is 5.77. The highest BCUT2D eigenvalue weighted by Crippen LogP contribution is 2.16. The Morgan fingerprint density at radius 3 is 2.71 bits per heavy atom. The standard InChI is InChI=1S/C13H19FN2O/c1-4-12(15)13(17)16-9(3)10-6-5-8(2)11(14)7-10/h5-7,9,12H,4,15H2,1-3H3,(H,16,17). The molecule has 0 aliphatic rings. The predicted octanol–water partition coefficient (Wildman–Crippen LogP) is 2.05. The summed E-state index contributed by atoms with van der Waals surface area (Å²) in [6.07, 6.45) is 0.584. The van der Waals surface area contributed by atoms with Crippen molar-refractivity contribution in [1.82, 2.24) is 5.32 Å². The monoisotopic (exact) mass is 238 g/mol. The van der Waals surface area contributed by atoms with Crippen molar-refractivity contribution in [1.29, 1.82) is 0 Å². The second kappa shape index (κ2) is 5.77. The fourth-order valence-electron chi connectivity index (χ4n) is 1.47. The van der Waals surface area contributed by atoms with Crippen LogP contribution < -0.4 is 11.1 Å². The third-order valence-corrected chi connectivity index (χ3v) is 2.83. The van der Waals surface area contributed by atoms with Gasteiger partial charge in [-0.25, -0.2) is 4.39 Å². The van der Waals surface area contributed by atoms with Crippen molar-refractivity contribution < 1.29 is 9.18 Å². The molecule has 0 spiro atoms. The van der Waals surface area contributed by atoms with Gasteiger partial charge in [-0.3, -0.25) is 4.79 Å². The minimum Gasteiger partial charge on any atom is -0.348 e. The molecule has 1 amide bonds. The lowest BCUT2D eigenvalue weighted by atomic mass is 10.1. The van der Waals surface area contributed by atoms with Crippen LogP contribution >= 0.6 is 0 Å². The second-order valence-corrected chi connectivity index (χ2v) is 4.25. The van der Waals surface area contributed by atoms with Crippen LogP contribution in [-0.4, -0.2) is 11.9 Å². The molecule has 4 heteroatoms. The van der Waals surface area contributed by atoms with Crippen LogP contribution in [0.25, 0.3) is 0 Å². The largest absolute Gasteiger partial charge is 0.348 e. The summed E-state index contributed by atoms with van der Waals surface area (Å²) in [6.45, 7) is 5.36. The zero-order valence-corrected chi connectivity index (χ0v) is 10.5. The Balaban J connectivity index is 2.73. The van der Waals surface area contributed by atoms with Crippen molar-refractivity contribution in [3.05, 3.63) is 35.1 Å². The van der Waals surface area contributed by atoms with Crippen LogP contribution in [0.2, 0.25) is 0 Å². The molecule has 0 radical (unpaired) electrons. The third-order valence-electron chi connectivity index (χ3n) is 2.83. The molecule has 94 valence electrons. The average Bonchev–Trinajstić information content (AvgIpc) is 2.31. The number of halogens is 1. The molecular weight excluding hydrogens is 219 g/mol. The molecule has 0 bridgehead atoms. The number of nitrogens with one attached hydrogen (secondary N) is 1. The molecule has 0 heterocycles. The number of carbonyl (C=O) groups excluding carboxylic acids is 1. The van der Waals surface area contributed by atoms with E-state index in [1.54, 1.807) is 19.1 Å². The van der Waals surface area contributed by atoms with Crippen LogP contribution in [-0.2, 0) is 4.79 Å². The van der Waals surface area contributed by atoms with Gasteiger partial charge in [0.05, 0.1) is 12.1 Å². The van der Waals surface area contributed by atoms with Gasteiger partial charge in [-0.2, -0.15) is 0 Å². The third kappa shape index (κ3) is 3.53. The van der Waals surface area contributed by atoms with Crippen LogP contribution in [0, 0.1) is 12.7 Å². The van der Waals surface area contributed by atoms with Crippen LogP contribution in [0.4, 0.5) is 4.39 Å². The van der Waals surface area contributed by atoms with E-state index in [-0.39, 0.29) is 17.8 Å². The number of nitrogens with two attached hydrogens (primary N) is 1. The van der Waals surface area contributed by atoms with Gasteiger partial charge in [0.1, 0.15) is 5.82 Å². The summed E-state index contributed by atoms with van der Waals surface area (Å²) in [7, 11) is 0. The Morgan fingerprint density at radius 2 is 2.18 bits per heavy atom. The second-order valence-electron chi connectivity index (χ2n) is 4.25. The van der Waals surface area contributed by atoms with E-state index < -0.39 is 6.04 Å². The number of rotatable bonds is 4. The normalized spacial score (nSPS) is 14.2. The first-order chi connectivity index (χ1) is 7.95. The molecule has 3 nitrogen and oxygen atoms in total. The quantitative estimate of drug-likeness (QED) is 0.843. The lowest BCUT2D eigenvalue weighted by molar-refractivity contribution is -0.123.